The molecule has 0 saturated carbocycles. The van der Waals surface area contributed by atoms with Gasteiger partial charge in [0, 0.05) is 12.1 Å². The molecule has 5 nitrogen and oxygen atoms in total. The SMILES string of the molecule is CN(C)C(C)(C)CNS(=O)(=O)c1ccc(F)c(N)c1. The van der Waals surface area contributed by atoms with Crippen LogP contribution in [0.3, 0.4) is 0 Å². The van der Waals surface area contributed by atoms with Crippen LogP contribution < -0.4 is 10.5 Å². The number of sulfonamides is 1. The fraction of sp³-hybridized carbons (Fsp3) is 0.500. The summed E-state index contributed by atoms with van der Waals surface area (Å²) >= 11 is 0. The van der Waals surface area contributed by atoms with E-state index in [9.17, 15) is 12.8 Å². The predicted molar refractivity (Wildman–Crippen MR) is 73.8 cm³/mol. The molecule has 1 aromatic rings. The Kier molecular flexibility index (Phi) is 4.54. The van der Waals surface area contributed by atoms with Gasteiger partial charge in [0.25, 0.3) is 0 Å². The maximum atomic E-state index is 13.0. The van der Waals surface area contributed by atoms with Gasteiger partial charge in [-0.3, -0.25) is 0 Å². The number of nitrogens with zero attached hydrogens (tertiary/aromatic N) is 1. The van der Waals surface area contributed by atoms with Gasteiger partial charge in [-0.2, -0.15) is 0 Å². The maximum Gasteiger partial charge on any atom is 0.240 e. The molecule has 0 radical (unpaired) electrons. The van der Waals surface area contributed by atoms with Crippen molar-refractivity contribution in [1.82, 2.24) is 9.62 Å². The molecule has 0 spiro atoms. The Morgan fingerprint density at radius 1 is 1.37 bits per heavy atom. The third-order valence-corrected chi connectivity index (χ3v) is 4.58. The molecule has 108 valence electrons. The molecule has 0 aliphatic rings. The third-order valence-electron chi connectivity index (χ3n) is 3.18. The first kappa shape index (κ1) is 15.9. The summed E-state index contributed by atoms with van der Waals surface area (Å²) < 4.78 is 39.6. The topological polar surface area (TPSA) is 75.4 Å². The predicted octanol–water partition coefficient (Wildman–Crippen LogP) is 1.03. The van der Waals surface area contributed by atoms with E-state index in [0.29, 0.717) is 0 Å². The Bertz CT molecular complexity index is 556. The van der Waals surface area contributed by atoms with Crippen molar-refractivity contribution in [2.45, 2.75) is 24.3 Å². The van der Waals surface area contributed by atoms with Crippen molar-refractivity contribution >= 4 is 15.7 Å². The quantitative estimate of drug-likeness (QED) is 0.794. The summed E-state index contributed by atoms with van der Waals surface area (Å²) in [6.07, 6.45) is 0. The highest BCUT2D eigenvalue weighted by Crippen LogP contribution is 2.17. The summed E-state index contributed by atoms with van der Waals surface area (Å²) in [6, 6.07) is 3.35. The number of rotatable bonds is 5. The van der Waals surface area contributed by atoms with Gasteiger partial charge in [-0.15, -0.1) is 0 Å². The van der Waals surface area contributed by atoms with Gasteiger partial charge in [-0.05, 0) is 46.1 Å². The van der Waals surface area contributed by atoms with E-state index >= 15 is 0 Å². The molecule has 19 heavy (non-hydrogen) atoms. The number of nitrogen functional groups attached to an aromatic ring is 1. The van der Waals surface area contributed by atoms with Gasteiger partial charge < -0.3 is 10.6 Å². The van der Waals surface area contributed by atoms with E-state index in [1.165, 1.54) is 6.07 Å². The zero-order chi connectivity index (χ0) is 14.8. The second-order valence-electron chi connectivity index (χ2n) is 5.21. The molecule has 0 aliphatic heterocycles. The molecule has 1 aromatic carbocycles. The average molecular weight is 289 g/mol. The van der Waals surface area contributed by atoms with Crippen LogP contribution >= 0.6 is 0 Å². The first-order valence-electron chi connectivity index (χ1n) is 5.78. The number of nitrogens with one attached hydrogen (secondary N) is 1. The van der Waals surface area contributed by atoms with Crippen LogP contribution in [-0.4, -0.2) is 39.5 Å². The minimum atomic E-state index is -3.69. The van der Waals surface area contributed by atoms with Crippen LogP contribution in [-0.2, 0) is 10.0 Å². The molecule has 0 atom stereocenters. The molecule has 0 aliphatic carbocycles. The van der Waals surface area contributed by atoms with Crippen LogP contribution in [0.1, 0.15) is 13.8 Å². The van der Waals surface area contributed by atoms with E-state index in [1.54, 1.807) is 0 Å². The lowest BCUT2D eigenvalue weighted by molar-refractivity contribution is 0.199. The van der Waals surface area contributed by atoms with Crippen LogP contribution in [0.4, 0.5) is 10.1 Å². The Balaban J connectivity index is 2.90. The molecule has 0 unspecified atom stereocenters. The number of benzene rings is 1. The van der Waals surface area contributed by atoms with Gasteiger partial charge in [0.2, 0.25) is 10.0 Å². The largest absolute Gasteiger partial charge is 0.396 e. The molecule has 0 bridgehead atoms. The Labute approximate surface area is 113 Å². The van der Waals surface area contributed by atoms with Crippen LogP contribution in [0, 0.1) is 5.82 Å². The van der Waals surface area contributed by atoms with Gasteiger partial charge in [-0.25, -0.2) is 17.5 Å². The molecular weight excluding hydrogens is 269 g/mol. The Hall–Kier alpha value is -1.18. The van der Waals surface area contributed by atoms with E-state index in [0.717, 1.165) is 12.1 Å². The molecule has 0 aromatic heterocycles. The number of hydrogen-bond donors (Lipinski definition) is 2. The smallest absolute Gasteiger partial charge is 0.240 e. The molecule has 7 heteroatoms. The van der Waals surface area contributed by atoms with Crippen LogP contribution in [0.15, 0.2) is 23.1 Å². The van der Waals surface area contributed by atoms with Crippen LogP contribution in [0.25, 0.3) is 0 Å². The summed E-state index contributed by atoms with van der Waals surface area (Å²) in [4.78, 5) is 1.87. The molecule has 0 fully saturated rings. The first-order chi connectivity index (χ1) is 8.56. The minimum absolute atomic E-state index is 0.0408. The summed E-state index contributed by atoms with van der Waals surface area (Å²) in [6.45, 7) is 4.06. The molecule has 1 rings (SSSR count). The summed E-state index contributed by atoms with van der Waals surface area (Å²) in [5, 5.41) is 0. The second kappa shape index (κ2) is 5.44. The van der Waals surface area contributed by atoms with Crippen molar-refractivity contribution in [3.05, 3.63) is 24.0 Å². The number of anilines is 1. The highest BCUT2D eigenvalue weighted by Gasteiger charge is 2.24. The average Bonchev–Trinajstić information content (AvgIpc) is 2.30. The van der Waals surface area contributed by atoms with Crippen molar-refractivity contribution in [3.8, 4) is 0 Å². The zero-order valence-electron chi connectivity index (χ0n) is 11.6. The Morgan fingerprint density at radius 2 is 1.95 bits per heavy atom. The fourth-order valence-electron chi connectivity index (χ4n) is 1.20. The summed E-state index contributed by atoms with van der Waals surface area (Å²) in [5.41, 5.74) is 4.85. The van der Waals surface area contributed by atoms with Crippen molar-refractivity contribution < 1.29 is 12.8 Å². The maximum absolute atomic E-state index is 13.0. The third kappa shape index (κ3) is 3.89. The Morgan fingerprint density at radius 3 is 2.42 bits per heavy atom. The normalized spacial score (nSPS) is 12.9. The van der Waals surface area contributed by atoms with Crippen molar-refractivity contribution in [3.63, 3.8) is 0 Å². The lowest BCUT2D eigenvalue weighted by Crippen LogP contribution is -2.48. The lowest BCUT2D eigenvalue weighted by atomic mass is 10.1. The number of halogens is 1. The van der Waals surface area contributed by atoms with Gasteiger partial charge in [0.15, 0.2) is 0 Å². The molecular formula is C12H20FN3O2S. The number of nitrogens with two attached hydrogens (primary N) is 1. The van der Waals surface area contributed by atoms with E-state index in [1.807, 2.05) is 32.8 Å². The second-order valence-corrected chi connectivity index (χ2v) is 6.98. The van der Waals surface area contributed by atoms with Gasteiger partial charge >= 0.3 is 0 Å². The summed E-state index contributed by atoms with van der Waals surface area (Å²) in [7, 11) is 0.0409. The fourth-order valence-corrected chi connectivity index (χ4v) is 2.44. The standard InChI is InChI=1S/C12H20FN3O2S/c1-12(2,16(3)4)8-15-19(17,18)9-5-6-10(13)11(14)7-9/h5-7,15H,8,14H2,1-4H3. The molecule has 0 saturated heterocycles. The van der Waals surface area contributed by atoms with E-state index < -0.39 is 15.8 Å². The number of likely N-dealkylation sites (N-methyl/N-ethyl adjacent to an activating group) is 1. The first-order valence-corrected chi connectivity index (χ1v) is 7.27. The minimum Gasteiger partial charge on any atom is -0.396 e. The zero-order valence-corrected chi connectivity index (χ0v) is 12.4. The summed E-state index contributed by atoms with van der Waals surface area (Å²) in [5.74, 6) is -0.632. The van der Waals surface area contributed by atoms with Gasteiger partial charge in [0.05, 0.1) is 10.6 Å². The monoisotopic (exact) mass is 289 g/mol. The van der Waals surface area contributed by atoms with E-state index in [2.05, 4.69) is 4.72 Å². The highest BCUT2D eigenvalue weighted by molar-refractivity contribution is 7.89. The van der Waals surface area contributed by atoms with Gasteiger partial charge in [-0.1, -0.05) is 0 Å². The molecule has 3 N–H and O–H groups in total. The van der Waals surface area contributed by atoms with E-state index in [-0.39, 0.29) is 22.7 Å². The van der Waals surface area contributed by atoms with E-state index in [4.69, 9.17) is 5.73 Å². The van der Waals surface area contributed by atoms with Crippen LogP contribution in [0.5, 0.6) is 0 Å². The molecule has 0 amide bonds. The van der Waals surface area contributed by atoms with Gasteiger partial charge in [0.1, 0.15) is 5.82 Å². The van der Waals surface area contributed by atoms with Crippen molar-refractivity contribution in [2.24, 2.45) is 0 Å². The van der Waals surface area contributed by atoms with Crippen molar-refractivity contribution in [2.75, 3.05) is 26.4 Å². The number of hydrogen-bond acceptors (Lipinski definition) is 4. The van der Waals surface area contributed by atoms with Crippen LogP contribution in [0.2, 0.25) is 0 Å². The lowest BCUT2D eigenvalue weighted by Gasteiger charge is -2.32. The highest BCUT2D eigenvalue weighted by atomic mass is 32.2. The molecule has 0 heterocycles. The van der Waals surface area contributed by atoms with Crippen molar-refractivity contribution in [1.29, 1.82) is 0 Å².